The average Bonchev–Trinajstić information content (AvgIpc) is 2.57. The molecule has 0 bridgehead atoms. The molecule has 0 saturated carbocycles. The van der Waals surface area contributed by atoms with Gasteiger partial charge in [0.05, 0.1) is 0 Å². The second kappa shape index (κ2) is 7.30. The van der Waals surface area contributed by atoms with E-state index in [1.54, 1.807) is 0 Å². The standard InChI is InChI=1S/C14H10F8N4/c1-25(9-5(15)11(19)23-12(20)6(9)16)3-4-26(2)10-7(17)13(21)24-14(22)8(10)18/h3-4H2,1-2H3. The molecule has 2 heterocycles. The van der Waals surface area contributed by atoms with Crippen LogP contribution in [0.3, 0.4) is 0 Å². The van der Waals surface area contributed by atoms with Gasteiger partial charge in [0, 0.05) is 27.2 Å². The van der Waals surface area contributed by atoms with Crippen LogP contribution in [0.5, 0.6) is 0 Å². The van der Waals surface area contributed by atoms with Gasteiger partial charge >= 0.3 is 0 Å². The minimum absolute atomic E-state index is 0.433. The lowest BCUT2D eigenvalue weighted by molar-refractivity contribution is 0.405. The number of nitrogens with zero attached hydrogens (tertiary/aromatic N) is 4. The van der Waals surface area contributed by atoms with Crippen molar-refractivity contribution in [2.24, 2.45) is 0 Å². The number of halogens is 8. The minimum Gasteiger partial charge on any atom is -0.368 e. The fourth-order valence-corrected chi connectivity index (χ4v) is 2.15. The Morgan fingerprint density at radius 1 is 0.538 bits per heavy atom. The van der Waals surface area contributed by atoms with E-state index >= 15 is 0 Å². The summed E-state index contributed by atoms with van der Waals surface area (Å²) in [4.78, 5) is 6.20. The van der Waals surface area contributed by atoms with Crippen LogP contribution in [-0.4, -0.2) is 37.2 Å². The van der Waals surface area contributed by atoms with Gasteiger partial charge in [0.1, 0.15) is 11.4 Å². The zero-order chi connectivity index (χ0) is 19.8. The first kappa shape index (κ1) is 19.7. The maximum atomic E-state index is 13.6. The highest BCUT2D eigenvalue weighted by Crippen LogP contribution is 2.27. The molecule has 0 amide bonds. The van der Waals surface area contributed by atoms with E-state index in [-0.39, 0.29) is 0 Å². The van der Waals surface area contributed by atoms with E-state index < -0.39 is 71.5 Å². The second-order valence-corrected chi connectivity index (χ2v) is 5.18. The molecular weight excluding hydrogens is 376 g/mol. The average molecular weight is 386 g/mol. The van der Waals surface area contributed by atoms with Crippen LogP contribution in [0.2, 0.25) is 0 Å². The van der Waals surface area contributed by atoms with E-state index in [9.17, 15) is 35.1 Å². The monoisotopic (exact) mass is 386 g/mol. The van der Waals surface area contributed by atoms with Crippen LogP contribution < -0.4 is 9.80 Å². The van der Waals surface area contributed by atoms with Crippen molar-refractivity contribution in [1.29, 1.82) is 0 Å². The lowest BCUT2D eigenvalue weighted by Gasteiger charge is -2.26. The van der Waals surface area contributed by atoms with Gasteiger partial charge in [-0.15, -0.1) is 0 Å². The van der Waals surface area contributed by atoms with Crippen molar-refractivity contribution in [1.82, 2.24) is 9.97 Å². The van der Waals surface area contributed by atoms with E-state index in [0.717, 1.165) is 14.1 Å². The van der Waals surface area contributed by atoms with Crippen LogP contribution in [0.25, 0.3) is 0 Å². The lowest BCUT2D eigenvalue weighted by atomic mass is 10.3. The molecule has 0 spiro atoms. The van der Waals surface area contributed by atoms with E-state index in [0.29, 0.717) is 9.80 Å². The van der Waals surface area contributed by atoms with Crippen LogP contribution in [0.4, 0.5) is 46.5 Å². The highest BCUT2D eigenvalue weighted by Gasteiger charge is 2.26. The molecule has 0 radical (unpaired) electrons. The Morgan fingerprint density at radius 2 is 0.769 bits per heavy atom. The van der Waals surface area contributed by atoms with E-state index in [2.05, 4.69) is 9.97 Å². The zero-order valence-corrected chi connectivity index (χ0v) is 13.2. The number of pyridine rings is 2. The highest BCUT2D eigenvalue weighted by molar-refractivity contribution is 5.50. The molecule has 0 N–H and O–H groups in total. The van der Waals surface area contributed by atoms with Gasteiger partial charge in [-0.1, -0.05) is 0 Å². The first-order chi connectivity index (χ1) is 12.1. The molecule has 0 aliphatic carbocycles. The molecule has 142 valence electrons. The van der Waals surface area contributed by atoms with Crippen molar-refractivity contribution >= 4 is 11.4 Å². The molecule has 0 fully saturated rings. The first-order valence-electron chi connectivity index (χ1n) is 6.88. The quantitative estimate of drug-likeness (QED) is 0.584. The van der Waals surface area contributed by atoms with Gasteiger partial charge in [-0.25, -0.2) is 0 Å². The summed E-state index contributed by atoms with van der Waals surface area (Å²) in [7, 11) is 2.07. The smallest absolute Gasteiger partial charge is 0.253 e. The normalized spacial score (nSPS) is 11.0. The predicted molar refractivity (Wildman–Crippen MR) is 74.7 cm³/mol. The van der Waals surface area contributed by atoms with Crippen molar-refractivity contribution in [3.63, 3.8) is 0 Å². The number of hydrogen-bond donors (Lipinski definition) is 0. The van der Waals surface area contributed by atoms with Gasteiger partial charge < -0.3 is 9.80 Å². The van der Waals surface area contributed by atoms with Crippen molar-refractivity contribution < 1.29 is 35.1 Å². The summed E-state index contributed by atoms with van der Waals surface area (Å²) in [5.74, 6) is -14.6. The number of anilines is 2. The summed E-state index contributed by atoms with van der Waals surface area (Å²) in [6, 6.07) is 0. The van der Waals surface area contributed by atoms with E-state index in [4.69, 9.17) is 0 Å². The van der Waals surface area contributed by atoms with E-state index in [1.165, 1.54) is 0 Å². The molecular formula is C14H10F8N4. The molecule has 0 atom stereocenters. The van der Waals surface area contributed by atoms with Crippen LogP contribution in [0.15, 0.2) is 0 Å². The first-order valence-corrected chi connectivity index (χ1v) is 6.88. The molecule has 4 nitrogen and oxygen atoms in total. The van der Waals surface area contributed by atoms with Crippen LogP contribution in [0.1, 0.15) is 0 Å². The van der Waals surface area contributed by atoms with Crippen molar-refractivity contribution in [3.05, 3.63) is 47.1 Å². The van der Waals surface area contributed by atoms with Gasteiger partial charge in [-0.3, -0.25) is 0 Å². The summed E-state index contributed by atoms with van der Waals surface area (Å²) in [5, 5.41) is 0. The van der Waals surface area contributed by atoms with Crippen LogP contribution in [-0.2, 0) is 0 Å². The highest BCUT2D eigenvalue weighted by atomic mass is 19.2. The van der Waals surface area contributed by atoms with Crippen LogP contribution in [0, 0.1) is 47.1 Å². The van der Waals surface area contributed by atoms with Gasteiger partial charge in [-0.05, 0) is 0 Å². The molecule has 0 aliphatic rings. The molecule has 2 aromatic rings. The lowest BCUT2D eigenvalue weighted by Crippen LogP contribution is -2.33. The summed E-state index contributed by atoms with van der Waals surface area (Å²) in [6.07, 6.45) is 0. The third kappa shape index (κ3) is 3.48. The van der Waals surface area contributed by atoms with Gasteiger partial charge in [-0.2, -0.15) is 45.1 Å². The molecule has 26 heavy (non-hydrogen) atoms. The maximum absolute atomic E-state index is 13.6. The summed E-state index contributed by atoms with van der Waals surface area (Å²) >= 11 is 0. The Kier molecular flexibility index (Phi) is 5.52. The summed E-state index contributed by atoms with van der Waals surface area (Å²) in [5.41, 5.74) is -2.20. The second-order valence-electron chi connectivity index (χ2n) is 5.18. The number of aromatic nitrogens is 2. The SMILES string of the molecule is CN(CCN(C)c1c(F)c(F)nc(F)c1F)c1c(F)c(F)nc(F)c1F. The molecule has 2 aromatic heterocycles. The largest absolute Gasteiger partial charge is 0.368 e. The number of rotatable bonds is 5. The van der Waals surface area contributed by atoms with Crippen molar-refractivity contribution in [2.45, 2.75) is 0 Å². The summed E-state index contributed by atoms with van der Waals surface area (Å²) < 4.78 is 107. The van der Waals surface area contributed by atoms with Gasteiger partial charge in [0.25, 0.3) is 23.8 Å². The molecule has 2 rings (SSSR count). The van der Waals surface area contributed by atoms with Crippen molar-refractivity contribution in [3.8, 4) is 0 Å². The molecule has 0 unspecified atom stereocenters. The molecule has 12 heteroatoms. The Hall–Kier alpha value is -2.66. The Labute approximate surface area is 141 Å². The minimum atomic E-state index is -1.88. The third-order valence-corrected chi connectivity index (χ3v) is 3.48. The topological polar surface area (TPSA) is 32.3 Å². The van der Waals surface area contributed by atoms with Gasteiger partial charge in [0.2, 0.25) is 23.3 Å². The van der Waals surface area contributed by atoms with E-state index in [1.807, 2.05) is 0 Å². The predicted octanol–water partition coefficient (Wildman–Crippen LogP) is 3.16. The Morgan fingerprint density at radius 3 is 1.00 bits per heavy atom. The maximum Gasteiger partial charge on any atom is 0.253 e. The molecule has 0 saturated heterocycles. The van der Waals surface area contributed by atoms with Crippen molar-refractivity contribution in [2.75, 3.05) is 37.0 Å². The number of likely N-dealkylation sites (N-methyl/N-ethyl adjacent to an activating group) is 2. The third-order valence-electron chi connectivity index (χ3n) is 3.48. The molecule has 0 aromatic carbocycles. The fraction of sp³-hybridized carbons (Fsp3) is 0.286. The number of hydrogen-bond acceptors (Lipinski definition) is 4. The van der Waals surface area contributed by atoms with Crippen LogP contribution >= 0.6 is 0 Å². The summed E-state index contributed by atoms with van der Waals surface area (Å²) in [6.45, 7) is -0.866. The van der Waals surface area contributed by atoms with Gasteiger partial charge in [0.15, 0.2) is 0 Å². The fourth-order valence-electron chi connectivity index (χ4n) is 2.15. The zero-order valence-electron chi connectivity index (χ0n) is 13.2. The molecule has 0 aliphatic heterocycles. The Bertz CT molecular complexity index is 723. The Balaban J connectivity index is 2.25.